The fourth-order valence-corrected chi connectivity index (χ4v) is 11.1. The van der Waals surface area contributed by atoms with E-state index in [1.165, 1.54) is 46.9 Å². The van der Waals surface area contributed by atoms with E-state index >= 15 is 9.59 Å². The number of likely N-dealkylation sites (N-methyl/N-ethyl adjacent to an activating group) is 4. The number of nitrogens with one attached hydrogen (secondary N) is 6. The van der Waals surface area contributed by atoms with Gasteiger partial charge in [-0.2, -0.15) is 0 Å². The Balaban J connectivity index is 1.27. The zero-order valence-electron chi connectivity index (χ0n) is 55.5. The van der Waals surface area contributed by atoms with Crippen LogP contribution in [0.3, 0.4) is 0 Å². The van der Waals surface area contributed by atoms with Crippen molar-refractivity contribution in [3.8, 4) is 5.75 Å². The predicted molar refractivity (Wildman–Crippen MR) is 359 cm³/mol. The lowest BCUT2D eigenvalue weighted by Crippen LogP contribution is -2.60. The number of para-hydroxylation sites is 2. The van der Waals surface area contributed by atoms with Gasteiger partial charge in [0.15, 0.2) is 0 Å². The van der Waals surface area contributed by atoms with E-state index in [1.54, 1.807) is 67.8 Å². The summed E-state index contributed by atoms with van der Waals surface area (Å²) < 4.78 is 6.07. The Bertz CT molecular complexity index is 3640. The second-order valence-corrected chi connectivity index (χ2v) is 25.4. The molecule has 0 bridgehead atoms. The van der Waals surface area contributed by atoms with Crippen LogP contribution in [0.15, 0.2) is 109 Å². The van der Waals surface area contributed by atoms with Gasteiger partial charge in [-0.3, -0.25) is 47.9 Å². The first-order chi connectivity index (χ1) is 44.5. The fourth-order valence-electron chi connectivity index (χ4n) is 10.9. The molecule has 2 aromatic heterocycles. The van der Waals surface area contributed by atoms with Crippen molar-refractivity contribution >= 4 is 92.5 Å². The molecule has 9 amide bonds. The van der Waals surface area contributed by atoms with Crippen molar-refractivity contribution in [1.82, 2.24) is 55.7 Å². The summed E-state index contributed by atoms with van der Waals surface area (Å²) in [5.74, 6) is -6.76. The molecule has 94 heavy (non-hydrogen) atoms. The Hall–Kier alpha value is -9.29. The largest absolute Gasteiger partial charge is 0.488 e. The minimum atomic E-state index is -1.38. The number of unbranched alkanes of at least 4 members (excludes halogenated alkanes) is 1. The zero-order valence-corrected chi connectivity index (χ0v) is 56.3. The molecule has 0 unspecified atom stereocenters. The summed E-state index contributed by atoms with van der Waals surface area (Å²) in [6, 6.07) is 19.9. The van der Waals surface area contributed by atoms with Gasteiger partial charge in [0.05, 0.1) is 19.1 Å². The number of benzene rings is 4. The summed E-state index contributed by atoms with van der Waals surface area (Å²) in [6.07, 6.45) is 5.00. The molecule has 2 heterocycles. The highest BCUT2D eigenvalue weighted by Crippen LogP contribution is 2.24. The Morgan fingerprint density at radius 2 is 1.10 bits per heavy atom. The van der Waals surface area contributed by atoms with Crippen molar-refractivity contribution in [2.75, 3.05) is 54.4 Å². The minimum absolute atomic E-state index is 0.0467. The van der Waals surface area contributed by atoms with Crippen LogP contribution in [0, 0.1) is 0 Å². The highest BCUT2D eigenvalue weighted by molar-refractivity contribution is 6.30. The van der Waals surface area contributed by atoms with E-state index in [0.717, 1.165) is 47.0 Å². The number of carboxylic acid groups (broad SMARTS) is 1. The summed E-state index contributed by atoms with van der Waals surface area (Å²) in [4.78, 5) is 153. The molecule has 6 rings (SSSR count). The molecule has 0 saturated heterocycles. The molecular formula is C69H91ClN12O12. The number of fused-ring (bicyclic) bond motifs is 2. The number of hydrogen-bond acceptors (Lipinski definition) is 12. The molecule has 506 valence electrons. The molecule has 0 radical (unpaired) electrons. The fraction of sp³-hybridized carbons (Fsp3) is 0.449. The molecule has 7 atom stereocenters. The predicted octanol–water partition coefficient (Wildman–Crippen LogP) is 5.14. The van der Waals surface area contributed by atoms with Crippen LogP contribution in [0.4, 0.5) is 0 Å². The maximum Gasteiger partial charge on any atom is 0.323 e. The molecular weight excluding hydrogens is 1220 g/mol. The standard InChI is InChI=1S/C69H91ClN12O12/c1-12-14-24-54(74-64(89)55(75-62(87)42(3)71)35-46-37-72-52-25-17-15-22-50(46)52)63(88)76-56(36-47-38-73-53-26-18-16-23-51(47)53)65(90)77-57(33-44-27-29-49(30-28-44)94-69(5,6)7)67(92)78(8)39-59(83)80(10)43(4)66(91)81(11)58(34-45-20-19-21-48(70)32-45)68(93)79(9)40-60(84)82(31-13-2)41-61(85)86/h15-23,25-30,32,37-38,42-43,54-58,72-73H,12-14,24,31,33-36,39-41,71H2,1-11H3,(H,74,89)(H,75,87)(H,76,88)(H,77,90)(H,85,86)/t42-,43-,54-,55-,56-,57+,58-/m0/s1. The Morgan fingerprint density at radius 1 is 0.574 bits per heavy atom. The molecule has 0 fully saturated rings. The number of nitrogens with two attached hydrogens (primary N) is 1. The smallest absolute Gasteiger partial charge is 0.323 e. The van der Waals surface area contributed by atoms with E-state index < -0.39 is 127 Å². The molecule has 24 nitrogen and oxygen atoms in total. The first-order valence-electron chi connectivity index (χ1n) is 31.6. The molecule has 6 aromatic rings. The first kappa shape index (κ1) is 73.8. The number of halogens is 1. The third kappa shape index (κ3) is 20.9. The molecule has 4 aromatic carbocycles. The van der Waals surface area contributed by atoms with Crippen LogP contribution in [0.5, 0.6) is 5.75 Å². The Kier molecular flexibility index (Phi) is 26.7. The average Bonchev–Trinajstić information content (AvgIpc) is 1.52. The molecule has 0 aliphatic rings. The van der Waals surface area contributed by atoms with Gasteiger partial charge in [-0.25, -0.2) is 0 Å². The van der Waals surface area contributed by atoms with Crippen molar-refractivity contribution in [3.63, 3.8) is 0 Å². The summed E-state index contributed by atoms with van der Waals surface area (Å²) >= 11 is 6.34. The van der Waals surface area contributed by atoms with E-state index in [2.05, 4.69) is 31.2 Å². The lowest BCUT2D eigenvalue weighted by Gasteiger charge is -2.35. The lowest BCUT2D eigenvalue weighted by atomic mass is 10.0. The number of ether oxygens (including phenoxy) is 1. The number of carbonyl (C=O) groups is 10. The minimum Gasteiger partial charge on any atom is -0.488 e. The van der Waals surface area contributed by atoms with Crippen molar-refractivity contribution in [1.29, 1.82) is 0 Å². The SMILES string of the molecule is CCCC[C@H](NC(=O)[C@H](Cc1c[nH]c2ccccc12)NC(=O)[C@H](C)N)C(=O)N[C@@H](Cc1c[nH]c2ccccc12)C(=O)N[C@H](Cc1ccc(OC(C)(C)C)cc1)C(=O)N(C)CC(=O)N(C)[C@@H](C)C(=O)N(C)[C@@H](Cc1cccc(Cl)c1)C(=O)N(C)CC(=O)N(CCC)CC(=O)O. The van der Waals surface area contributed by atoms with Crippen LogP contribution in [0.25, 0.3) is 21.8 Å². The Labute approximate surface area is 554 Å². The summed E-state index contributed by atoms with van der Waals surface area (Å²) in [7, 11) is 5.51. The van der Waals surface area contributed by atoms with E-state index in [-0.39, 0.29) is 38.6 Å². The highest BCUT2D eigenvalue weighted by atomic mass is 35.5. The quantitative estimate of drug-likeness (QED) is 0.0265. The number of aromatic amines is 2. The number of hydrogen-bond donors (Lipinski definition) is 8. The van der Waals surface area contributed by atoms with E-state index in [9.17, 15) is 43.5 Å². The van der Waals surface area contributed by atoms with Crippen molar-refractivity contribution in [2.24, 2.45) is 5.73 Å². The van der Waals surface area contributed by atoms with E-state index in [4.69, 9.17) is 22.1 Å². The Morgan fingerprint density at radius 3 is 1.63 bits per heavy atom. The van der Waals surface area contributed by atoms with E-state index in [1.807, 2.05) is 76.2 Å². The number of aliphatic carboxylic acids is 1. The van der Waals surface area contributed by atoms with Gasteiger partial charge in [0.1, 0.15) is 54.1 Å². The lowest BCUT2D eigenvalue weighted by molar-refractivity contribution is -0.151. The van der Waals surface area contributed by atoms with Crippen molar-refractivity contribution in [3.05, 3.63) is 137 Å². The third-order valence-corrected chi connectivity index (χ3v) is 16.4. The third-order valence-electron chi connectivity index (χ3n) is 16.2. The highest BCUT2D eigenvalue weighted by Gasteiger charge is 2.38. The van der Waals surface area contributed by atoms with Crippen LogP contribution in [0.1, 0.15) is 96.4 Å². The molecule has 25 heteroatoms. The number of carboxylic acids is 1. The number of carbonyl (C=O) groups excluding carboxylic acids is 9. The molecule has 0 saturated carbocycles. The number of amides is 9. The van der Waals surface area contributed by atoms with Gasteiger partial charge in [-0.05, 0) is 106 Å². The normalized spacial score (nSPS) is 13.6. The maximum atomic E-state index is 15.2. The topological polar surface area (TPSA) is 322 Å². The number of aromatic nitrogens is 2. The number of nitrogens with zero attached hydrogens (tertiary/aromatic N) is 5. The van der Waals surface area contributed by atoms with Gasteiger partial charge in [-0.15, -0.1) is 0 Å². The zero-order chi connectivity index (χ0) is 69.1. The maximum absolute atomic E-state index is 15.2. The molecule has 0 spiro atoms. The van der Waals surface area contributed by atoms with Gasteiger partial charge >= 0.3 is 5.97 Å². The van der Waals surface area contributed by atoms with Crippen LogP contribution in [0.2, 0.25) is 5.02 Å². The molecule has 9 N–H and O–H groups in total. The van der Waals surface area contributed by atoms with E-state index in [0.29, 0.717) is 46.7 Å². The second-order valence-electron chi connectivity index (χ2n) is 24.9. The van der Waals surface area contributed by atoms with Crippen LogP contribution < -0.4 is 31.7 Å². The van der Waals surface area contributed by atoms with Gasteiger partial charge in [0.25, 0.3) is 0 Å². The van der Waals surface area contributed by atoms with Crippen LogP contribution >= 0.6 is 11.6 Å². The van der Waals surface area contributed by atoms with Gasteiger partial charge in [0, 0.05) is 99.6 Å². The molecule has 0 aliphatic carbocycles. The average molecular weight is 1320 g/mol. The van der Waals surface area contributed by atoms with Gasteiger partial charge < -0.3 is 71.3 Å². The van der Waals surface area contributed by atoms with Crippen molar-refractivity contribution < 1.29 is 57.8 Å². The van der Waals surface area contributed by atoms with Gasteiger partial charge in [0.2, 0.25) is 53.2 Å². The first-order valence-corrected chi connectivity index (χ1v) is 32.0. The summed E-state index contributed by atoms with van der Waals surface area (Å²) in [5, 5.41) is 22.9. The molecule has 0 aliphatic heterocycles. The van der Waals surface area contributed by atoms with Crippen LogP contribution in [-0.4, -0.2) is 201 Å². The van der Waals surface area contributed by atoms with Crippen molar-refractivity contribution in [2.45, 2.75) is 148 Å². The number of H-pyrrole nitrogens is 2. The van der Waals surface area contributed by atoms with Gasteiger partial charge in [-0.1, -0.05) is 99.0 Å². The summed E-state index contributed by atoms with van der Waals surface area (Å²) in [6.45, 7) is 10.8. The number of rotatable bonds is 33. The van der Waals surface area contributed by atoms with Crippen LogP contribution in [-0.2, 0) is 73.6 Å². The second kappa shape index (κ2) is 34.0. The summed E-state index contributed by atoms with van der Waals surface area (Å²) in [5.41, 5.74) is 9.56. The monoisotopic (exact) mass is 1310 g/mol.